The van der Waals surface area contributed by atoms with Gasteiger partial charge in [-0.15, -0.1) is 0 Å². The van der Waals surface area contributed by atoms with E-state index in [4.69, 9.17) is 24.5 Å². The van der Waals surface area contributed by atoms with E-state index in [0.717, 1.165) is 57.0 Å². The molecule has 2 aliphatic heterocycles. The van der Waals surface area contributed by atoms with Crippen LogP contribution in [0.5, 0.6) is 0 Å². The highest BCUT2D eigenvalue weighted by Gasteiger charge is 2.41. The fourth-order valence-corrected chi connectivity index (χ4v) is 4.03. The summed E-state index contributed by atoms with van der Waals surface area (Å²) >= 11 is 0. The van der Waals surface area contributed by atoms with E-state index in [2.05, 4.69) is 40.8 Å². The lowest BCUT2D eigenvalue weighted by molar-refractivity contribution is -0.123. The van der Waals surface area contributed by atoms with Gasteiger partial charge >= 0.3 is 0 Å². The van der Waals surface area contributed by atoms with Gasteiger partial charge in [-0.25, -0.2) is 4.98 Å². The Kier molecular flexibility index (Phi) is 7.91. The van der Waals surface area contributed by atoms with Crippen molar-refractivity contribution in [2.75, 3.05) is 44.8 Å². The van der Waals surface area contributed by atoms with E-state index in [1.54, 1.807) is 0 Å². The van der Waals surface area contributed by atoms with Gasteiger partial charge in [-0.05, 0) is 33.7 Å². The standard InChI is InChI=1S/C17H25N5O.2CH2O2/c1-13-14(2)19-15-4-7-18-22(15)16(13)21-9-8-20(3)17(12-21)5-10-23-11-6-17;2*2-1-3/h4,7H,5-6,8-12H2,1-3H3;2*1H,(H,2,3). The Morgan fingerprint density at radius 3 is 2.38 bits per heavy atom. The molecule has 10 heteroatoms. The Labute approximate surface area is 169 Å². The second-order valence-electron chi connectivity index (χ2n) is 7.14. The lowest BCUT2D eigenvalue weighted by Crippen LogP contribution is -2.63. The predicted molar refractivity (Wildman–Crippen MR) is 107 cm³/mol. The Bertz CT molecular complexity index is 813. The Morgan fingerprint density at radius 1 is 1.14 bits per heavy atom. The predicted octanol–water partition coefficient (Wildman–Crippen LogP) is 1.05. The SMILES string of the molecule is Cc1nc2ccnn2c(N2CCN(C)C3(CCOCC3)C2)c1C.O=CO.O=CO. The number of fused-ring (bicyclic) bond motifs is 1. The minimum absolute atomic E-state index is 0.222. The first-order chi connectivity index (χ1) is 13.9. The number of anilines is 1. The number of carbonyl (C=O) groups is 2. The molecule has 4 rings (SSSR count). The first kappa shape index (κ1) is 22.6. The summed E-state index contributed by atoms with van der Waals surface area (Å²) < 4.78 is 7.61. The summed E-state index contributed by atoms with van der Waals surface area (Å²) in [7, 11) is 2.26. The van der Waals surface area contributed by atoms with Crippen LogP contribution in [0.4, 0.5) is 5.82 Å². The fraction of sp³-hybridized carbons (Fsp3) is 0.579. The molecule has 0 aromatic carbocycles. The van der Waals surface area contributed by atoms with Gasteiger partial charge in [0, 0.05) is 55.7 Å². The molecule has 29 heavy (non-hydrogen) atoms. The van der Waals surface area contributed by atoms with Crippen molar-refractivity contribution in [2.45, 2.75) is 32.2 Å². The highest BCUT2D eigenvalue weighted by atomic mass is 16.5. The molecule has 0 unspecified atom stereocenters. The van der Waals surface area contributed by atoms with E-state index < -0.39 is 0 Å². The third-order valence-corrected chi connectivity index (χ3v) is 5.71. The van der Waals surface area contributed by atoms with E-state index in [9.17, 15) is 0 Å². The van der Waals surface area contributed by atoms with Gasteiger partial charge in [0.2, 0.25) is 0 Å². The zero-order valence-electron chi connectivity index (χ0n) is 17.1. The third kappa shape index (κ3) is 4.83. The summed E-state index contributed by atoms with van der Waals surface area (Å²) in [6.07, 6.45) is 4.04. The summed E-state index contributed by atoms with van der Waals surface area (Å²) in [4.78, 5) is 26.4. The van der Waals surface area contributed by atoms with E-state index in [0.29, 0.717) is 0 Å². The van der Waals surface area contributed by atoms with Crippen molar-refractivity contribution in [3.05, 3.63) is 23.5 Å². The van der Waals surface area contributed by atoms with Crippen LogP contribution in [0, 0.1) is 13.8 Å². The Hall–Kier alpha value is -2.72. The first-order valence-electron chi connectivity index (χ1n) is 9.44. The van der Waals surface area contributed by atoms with E-state index in [-0.39, 0.29) is 18.5 Å². The van der Waals surface area contributed by atoms with Gasteiger partial charge in [0.05, 0.1) is 6.20 Å². The number of piperazine rings is 1. The highest BCUT2D eigenvalue weighted by Crippen LogP contribution is 2.34. The van der Waals surface area contributed by atoms with E-state index in [1.807, 2.05) is 16.8 Å². The summed E-state index contributed by atoms with van der Waals surface area (Å²) in [5, 5.41) is 18.3. The molecule has 0 saturated carbocycles. The molecule has 2 aromatic heterocycles. The van der Waals surface area contributed by atoms with Crippen molar-refractivity contribution < 1.29 is 24.5 Å². The average molecular weight is 407 g/mol. The van der Waals surface area contributed by atoms with Crippen molar-refractivity contribution in [3.8, 4) is 0 Å². The maximum absolute atomic E-state index is 8.36. The highest BCUT2D eigenvalue weighted by molar-refractivity contribution is 5.57. The van der Waals surface area contributed by atoms with Gasteiger partial charge in [-0.1, -0.05) is 0 Å². The van der Waals surface area contributed by atoms with Gasteiger partial charge in [0.15, 0.2) is 5.65 Å². The summed E-state index contributed by atoms with van der Waals surface area (Å²) in [6, 6.07) is 1.98. The monoisotopic (exact) mass is 407 g/mol. The van der Waals surface area contributed by atoms with E-state index >= 15 is 0 Å². The molecular weight excluding hydrogens is 378 g/mol. The molecule has 4 heterocycles. The minimum atomic E-state index is -0.250. The largest absolute Gasteiger partial charge is 0.483 e. The van der Waals surface area contributed by atoms with Gasteiger partial charge in [0.25, 0.3) is 12.9 Å². The van der Waals surface area contributed by atoms with Crippen LogP contribution in [0.15, 0.2) is 12.3 Å². The van der Waals surface area contributed by atoms with Gasteiger partial charge in [-0.3, -0.25) is 14.5 Å². The Balaban J connectivity index is 0.000000449. The number of aryl methyl sites for hydroxylation is 1. The lowest BCUT2D eigenvalue weighted by atomic mass is 9.86. The van der Waals surface area contributed by atoms with Gasteiger partial charge in [0.1, 0.15) is 5.82 Å². The van der Waals surface area contributed by atoms with Crippen LogP contribution < -0.4 is 4.90 Å². The van der Waals surface area contributed by atoms with Crippen LogP contribution in [0.3, 0.4) is 0 Å². The van der Waals surface area contributed by atoms with Crippen molar-refractivity contribution >= 4 is 24.4 Å². The van der Waals surface area contributed by atoms with Gasteiger partial charge < -0.3 is 19.8 Å². The molecule has 0 aliphatic carbocycles. The molecule has 0 amide bonds. The van der Waals surface area contributed by atoms with Crippen LogP contribution in [0.2, 0.25) is 0 Å². The molecular formula is C19H29N5O5. The summed E-state index contributed by atoms with van der Waals surface area (Å²) in [5.41, 5.74) is 3.48. The van der Waals surface area contributed by atoms with Crippen LogP contribution in [-0.4, -0.2) is 88.1 Å². The molecule has 10 nitrogen and oxygen atoms in total. The molecule has 2 aromatic rings. The maximum atomic E-state index is 8.36. The molecule has 0 atom stereocenters. The molecule has 2 saturated heterocycles. The number of ether oxygens (including phenoxy) is 1. The molecule has 2 fully saturated rings. The lowest BCUT2D eigenvalue weighted by Gasteiger charge is -2.52. The fourth-order valence-electron chi connectivity index (χ4n) is 4.03. The molecule has 2 N–H and O–H groups in total. The van der Waals surface area contributed by atoms with Crippen molar-refractivity contribution in [1.29, 1.82) is 0 Å². The zero-order valence-corrected chi connectivity index (χ0v) is 17.1. The number of hydrogen-bond donors (Lipinski definition) is 2. The minimum Gasteiger partial charge on any atom is -0.483 e. The van der Waals surface area contributed by atoms with Crippen LogP contribution in [0.1, 0.15) is 24.1 Å². The maximum Gasteiger partial charge on any atom is 0.290 e. The quantitative estimate of drug-likeness (QED) is 0.668. The number of rotatable bonds is 1. The van der Waals surface area contributed by atoms with E-state index in [1.165, 1.54) is 11.4 Å². The van der Waals surface area contributed by atoms with Crippen LogP contribution in [-0.2, 0) is 14.3 Å². The zero-order chi connectivity index (χ0) is 21.4. The van der Waals surface area contributed by atoms with Crippen LogP contribution in [0.25, 0.3) is 5.65 Å². The number of nitrogens with zero attached hydrogens (tertiary/aromatic N) is 5. The first-order valence-corrected chi connectivity index (χ1v) is 9.44. The van der Waals surface area contributed by atoms with Crippen molar-refractivity contribution in [3.63, 3.8) is 0 Å². The molecule has 2 aliphatic rings. The average Bonchev–Trinajstić information content (AvgIpc) is 3.15. The number of carboxylic acid groups (broad SMARTS) is 2. The van der Waals surface area contributed by atoms with Crippen molar-refractivity contribution in [2.24, 2.45) is 0 Å². The second-order valence-corrected chi connectivity index (χ2v) is 7.14. The normalized spacial score (nSPS) is 18.4. The second kappa shape index (κ2) is 10.2. The van der Waals surface area contributed by atoms with Crippen molar-refractivity contribution in [1.82, 2.24) is 19.5 Å². The number of likely N-dealkylation sites (N-methyl/N-ethyl adjacent to an activating group) is 1. The summed E-state index contributed by atoms with van der Waals surface area (Å²) in [6.45, 7) is 8.61. The Morgan fingerprint density at radius 2 is 1.76 bits per heavy atom. The third-order valence-electron chi connectivity index (χ3n) is 5.71. The molecule has 0 bridgehead atoms. The smallest absolute Gasteiger partial charge is 0.290 e. The number of hydrogen-bond acceptors (Lipinski definition) is 7. The number of aromatic nitrogens is 3. The molecule has 0 radical (unpaired) electrons. The van der Waals surface area contributed by atoms with Crippen LogP contribution >= 0.6 is 0 Å². The van der Waals surface area contributed by atoms with Gasteiger partial charge in [-0.2, -0.15) is 9.61 Å². The topological polar surface area (TPSA) is 121 Å². The summed E-state index contributed by atoms with van der Waals surface area (Å²) in [5.74, 6) is 1.21. The molecule has 1 spiro atoms. The molecule has 160 valence electrons.